The lowest BCUT2D eigenvalue weighted by atomic mass is 10.1. The average molecular weight is 448 g/mol. The first-order chi connectivity index (χ1) is 14.7. The van der Waals surface area contributed by atoms with Gasteiger partial charge in [-0.15, -0.1) is 0 Å². The summed E-state index contributed by atoms with van der Waals surface area (Å²) >= 11 is 0. The molecule has 0 unspecified atom stereocenters. The highest BCUT2D eigenvalue weighted by Gasteiger charge is 2.26. The van der Waals surface area contributed by atoms with Crippen molar-refractivity contribution in [2.24, 2.45) is 0 Å². The topological polar surface area (TPSA) is 88.2 Å². The number of rotatable bonds is 7. The van der Waals surface area contributed by atoms with Gasteiger partial charge in [-0.2, -0.15) is 0 Å². The number of anilines is 1. The lowest BCUT2D eigenvalue weighted by molar-refractivity contribution is 0.0746. The number of sulfonamides is 1. The summed E-state index contributed by atoms with van der Waals surface area (Å²) in [7, 11) is -0.764. The molecule has 1 aliphatic heterocycles. The Balaban J connectivity index is 1.74. The number of nitrogens with one attached hydrogen (secondary N) is 1. The van der Waals surface area contributed by atoms with Crippen LogP contribution in [0.4, 0.5) is 5.69 Å². The minimum atomic E-state index is -3.80. The highest BCUT2D eigenvalue weighted by Crippen LogP contribution is 2.26. The van der Waals surface area contributed by atoms with Gasteiger partial charge in [-0.3, -0.25) is 4.79 Å². The molecular weight excluding hydrogens is 418 g/mol. The maximum atomic E-state index is 13.1. The third-order valence-electron chi connectivity index (χ3n) is 5.10. The minimum absolute atomic E-state index is 0.0357. The average Bonchev–Trinajstić information content (AvgIpc) is 2.77. The van der Waals surface area contributed by atoms with Crippen LogP contribution in [0.1, 0.15) is 24.2 Å². The van der Waals surface area contributed by atoms with Crippen molar-refractivity contribution in [2.45, 2.75) is 24.8 Å². The quantitative estimate of drug-likeness (QED) is 0.701. The highest BCUT2D eigenvalue weighted by molar-refractivity contribution is 7.89. The molecule has 0 aliphatic carbocycles. The molecule has 2 aromatic rings. The molecule has 1 fully saturated rings. The molecule has 31 heavy (non-hydrogen) atoms. The van der Waals surface area contributed by atoms with Gasteiger partial charge in [0.05, 0.1) is 14.2 Å². The third kappa shape index (κ3) is 5.29. The summed E-state index contributed by atoms with van der Waals surface area (Å²) in [6.07, 6.45) is 0. The molecular formula is C22H29N3O5S. The number of ether oxygens (including phenoxy) is 2. The van der Waals surface area contributed by atoms with E-state index in [-0.39, 0.29) is 22.6 Å². The highest BCUT2D eigenvalue weighted by atomic mass is 32.2. The number of benzene rings is 2. The van der Waals surface area contributed by atoms with Crippen LogP contribution >= 0.6 is 0 Å². The van der Waals surface area contributed by atoms with Gasteiger partial charge in [0.25, 0.3) is 5.91 Å². The van der Waals surface area contributed by atoms with E-state index in [0.717, 1.165) is 11.4 Å². The van der Waals surface area contributed by atoms with Crippen molar-refractivity contribution in [1.29, 1.82) is 0 Å². The minimum Gasteiger partial charge on any atom is -0.497 e. The molecule has 1 amide bonds. The molecule has 0 aromatic heterocycles. The summed E-state index contributed by atoms with van der Waals surface area (Å²) in [6, 6.07) is 12.1. The molecule has 2 aromatic carbocycles. The second kappa shape index (κ2) is 9.57. The van der Waals surface area contributed by atoms with E-state index in [0.29, 0.717) is 31.7 Å². The summed E-state index contributed by atoms with van der Waals surface area (Å²) < 4.78 is 38.3. The fourth-order valence-corrected chi connectivity index (χ4v) is 4.98. The van der Waals surface area contributed by atoms with Crippen LogP contribution in [0.25, 0.3) is 0 Å². The number of amides is 1. The van der Waals surface area contributed by atoms with Crippen LogP contribution < -0.4 is 19.1 Å². The van der Waals surface area contributed by atoms with Crippen molar-refractivity contribution in [3.8, 4) is 11.5 Å². The number of carbonyl (C=O) groups excluding carboxylic acids is 1. The summed E-state index contributed by atoms with van der Waals surface area (Å²) in [5, 5.41) is 0. The normalized spacial score (nSPS) is 14.6. The summed E-state index contributed by atoms with van der Waals surface area (Å²) in [5.41, 5.74) is 1.40. The van der Waals surface area contributed by atoms with Gasteiger partial charge in [-0.05, 0) is 56.3 Å². The van der Waals surface area contributed by atoms with E-state index in [1.807, 2.05) is 24.3 Å². The molecule has 0 atom stereocenters. The SMILES string of the molecule is COc1ccc(N2CCN(C(=O)c3ccc(OC)c(S(=O)(=O)NC(C)C)c3)CC2)cc1. The van der Waals surface area contributed by atoms with Crippen LogP contribution in [0.3, 0.4) is 0 Å². The zero-order valence-electron chi connectivity index (χ0n) is 18.3. The Bertz CT molecular complexity index is 1010. The molecule has 0 spiro atoms. The van der Waals surface area contributed by atoms with Crippen LogP contribution in [-0.4, -0.2) is 65.7 Å². The maximum Gasteiger partial charge on any atom is 0.254 e. The summed E-state index contributed by atoms with van der Waals surface area (Å²) in [5.74, 6) is 0.807. The molecule has 9 heteroatoms. The van der Waals surface area contributed by atoms with E-state index in [4.69, 9.17) is 9.47 Å². The molecule has 3 rings (SSSR count). The smallest absolute Gasteiger partial charge is 0.254 e. The van der Waals surface area contributed by atoms with Crippen molar-refractivity contribution in [3.63, 3.8) is 0 Å². The van der Waals surface area contributed by atoms with Crippen LogP contribution in [0.5, 0.6) is 11.5 Å². The lowest BCUT2D eigenvalue weighted by Crippen LogP contribution is -2.48. The number of piperazine rings is 1. The van der Waals surface area contributed by atoms with Crippen molar-refractivity contribution >= 4 is 21.6 Å². The van der Waals surface area contributed by atoms with E-state index in [9.17, 15) is 13.2 Å². The molecule has 0 bridgehead atoms. The first kappa shape index (κ1) is 22.9. The standard InChI is InChI=1S/C22H29N3O5S/c1-16(2)23-31(27,28)21-15-17(5-10-20(21)30-4)22(26)25-13-11-24(12-14-25)18-6-8-19(29-3)9-7-18/h5-10,15-16,23H,11-14H2,1-4H3. The van der Waals surface area contributed by atoms with Crippen molar-refractivity contribution < 1.29 is 22.7 Å². The zero-order valence-corrected chi connectivity index (χ0v) is 19.1. The van der Waals surface area contributed by atoms with Crippen LogP contribution in [0.2, 0.25) is 0 Å². The Labute approximate surface area is 183 Å². The molecule has 1 aliphatic rings. The molecule has 0 saturated carbocycles. The molecule has 1 saturated heterocycles. The van der Waals surface area contributed by atoms with E-state index >= 15 is 0 Å². The fourth-order valence-electron chi connectivity index (χ4n) is 3.54. The Morgan fingerprint density at radius 3 is 2.16 bits per heavy atom. The van der Waals surface area contributed by atoms with Crippen LogP contribution in [0.15, 0.2) is 47.4 Å². The van der Waals surface area contributed by atoms with Gasteiger partial charge in [0, 0.05) is 43.5 Å². The third-order valence-corrected chi connectivity index (χ3v) is 6.78. The van der Waals surface area contributed by atoms with Crippen LogP contribution in [0, 0.1) is 0 Å². The van der Waals surface area contributed by atoms with E-state index in [1.54, 1.807) is 31.9 Å². The van der Waals surface area contributed by atoms with Gasteiger partial charge >= 0.3 is 0 Å². The predicted molar refractivity (Wildman–Crippen MR) is 120 cm³/mol. The van der Waals surface area contributed by atoms with Gasteiger partial charge in [-0.1, -0.05) is 0 Å². The summed E-state index contributed by atoms with van der Waals surface area (Å²) in [4.78, 5) is 17.0. The molecule has 1 N–H and O–H groups in total. The van der Waals surface area contributed by atoms with Gasteiger partial charge in [0.2, 0.25) is 10.0 Å². The Morgan fingerprint density at radius 2 is 1.61 bits per heavy atom. The monoisotopic (exact) mass is 447 g/mol. The lowest BCUT2D eigenvalue weighted by Gasteiger charge is -2.36. The largest absolute Gasteiger partial charge is 0.497 e. The first-order valence-electron chi connectivity index (χ1n) is 10.1. The van der Waals surface area contributed by atoms with Gasteiger partial charge in [0.15, 0.2) is 0 Å². The molecule has 8 nitrogen and oxygen atoms in total. The number of hydrogen-bond donors (Lipinski definition) is 1. The van der Waals surface area contributed by atoms with Crippen molar-refractivity contribution in [2.75, 3.05) is 45.3 Å². The van der Waals surface area contributed by atoms with Gasteiger partial charge in [-0.25, -0.2) is 13.1 Å². The van der Waals surface area contributed by atoms with Gasteiger partial charge < -0.3 is 19.3 Å². The van der Waals surface area contributed by atoms with E-state index < -0.39 is 10.0 Å². The van der Waals surface area contributed by atoms with Crippen molar-refractivity contribution in [1.82, 2.24) is 9.62 Å². The van der Waals surface area contributed by atoms with E-state index in [1.165, 1.54) is 19.2 Å². The fraction of sp³-hybridized carbons (Fsp3) is 0.409. The Kier molecular flexibility index (Phi) is 7.07. The second-order valence-electron chi connectivity index (χ2n) is 7.62. The predicted octanol–water partition coefficient (Wildman–Crippen LogP) is 2.35. The summed E-state index contributed by atoms with van der Waals surface area (Å²) in [6.45, 7) is 5.94. The van der Waals surface area contributed by atoms with E-state index in [2.05, 4.69) is 9.62 Å². The zero-order chi connectivity index (χ0) is 22.6. The Morgan fingerprint density at radius 1 is 0.968 bits per heavy atom. The maximum absolute atomic E-state index is 13.1. The molecule has 0 radical (unpaired) electrons. The number of carbonyl (C=O) groups is 1. The number of methoxy groups -OCH3 is 2. The molecule has 168 valence electrons. The van der Waals surface area contributed by atoms with Crippen molar-refractivity contribution in [3.05, 3.63) is 48.0 Å². The van der Waals surface area contributed by atoms with Gasteiger partial charge in [0.1, 0.15) is 16.4 Å². The van der Waals surface area contributed by atoms with Crippen LogP contribution in [-0.2, 0) is 10.0 Å². The first-order valence-corrected chi connectivity index (χ1v) is 11.6. The second-order valence-corrected chi connectivity index (χ2v) is 9.30. The number of hydrogen-bond acceptors (Lipinski definition) is 6. The number of nitrogens with zero attached hydrogens (tertiary/aromatic N) is 2. The molecule has 1 heterocycles. The Hall–Kier alpha value is -2.78.